The summed E-state index contributed by atoms with van der Waals surface area (Å²) in [5.41, 5.74) is 0.486. The van der Waals surface area contributed by atoms with Gasteiger partial charge in [-0.2, -0.15) is 4.31 Å². The van der Waals surface area contributed by atoms with Crippen LogP contribution in [-0.2, 0) is 14.8 Å². The number of carbonyl (C=O) groups excluding carboxylic acids is 1. The maximum atomic E-state index is 12.7. The van der Waals surface area contributed by atoms with Gasteiger partial charge in [0.25, 0.3) is 5.91 Å². The van der Waals surface area contributed by atoms with Gasteiger partial charge in [-0.3, -0.25) is 4.79 Å². The van der Waals surface area contributed by atoms with E-state index in [-0.39, 0.29) is 29.1 Å². The summed E-state index contributed by atoms with van der Waals surface area (Å²) in [5, 5.41) is 2.89. The molecule has 1 saturated heterocycles. The van der Waals surface area contributed by atoms with Crippen LogP contribution >= 0.6 is 0 Å². The van der Waals surface area contributed by atoms with Gasteiger partial charge < -0.3 is 10.1 Å². The minimum Gasteiger partial charge on any atom is -0.373 e. The fourth-order valence-corrected chi connectivity index (χ4v) is 4.34. The lowest BCUT2D eigenvalue weighted by atomic mass is 10.2. The van der Waals surface area contributed by atoms with Crippen LogP contribution in [0.5, 0.6) is 0 Å². The minimum atomic E-state index is -3.56. The molecule has 2 atom stereocenters. The number of hydrogen-bond acceptors (Lipinski definition) is 4. The van der Waals surface area contributed by atoms with Gasteiger partial charge in [0.05, 0.1) is 17.1 Å². The largest absolute Gasteiger partial charge is 0.373 e. The molecule has 7 heteroatoms. The Kier molecular flexibility index (Phi) is 4.44. The molecule has 1 heterocycles. The number of morpholine rings is 1. The van der Waals surface area contributed by atoms with Gasteiger partial charge in [0.1, 0.15) is 0 Å². The molecule has 0 unspecified atom stereocenters. The summed E-state index contributed by atoms with van der Waals surface area (Å²) in [7, 11) is -3.56. The SMILES string of the molecule is C[C@H]1CN(S(=O)(=O)c2ccc(C(=O)NC3CC3)cc2)C[C@H](C)O1. The number of nitrogens with zero attached hydrogens (tertiary/aromatic N) is 1. The van der Waals surface area contributed by atoms with Crippen molar-refractivity contribution in [1.29, 1.82) is 0 Å². The van der Waals surface area contributed by atoms with Crippen LogP contribution in [0.4, 0.5) is 0 Å². The second-order valence-corrected chi connectivity index (χ2v) is 8.29. The lowest BCUT2D eigenvalue weighted by molar-refractivity contribution is -0.0440. The predicted molar refractivity (Wildman–Crippen MR) is 85.7 cm³/mol. The molecule has 1 aromatic rings. The van der Waals surface area contributed by atoms with Crippen molar-refractivity contribution >= 4 is 15.9 Å². The smallest absolute Gasteiger partial charge is 0.251 e. The van der Waals surface area contributed by atoms with Crippen LogP contribution < -0.4 is 5.32 Å². The molecule has 0 aromatic heterocycles. The van der Waals surface area contributed by atoms with Crippen LogP contribution in [0.25, 0.3) is 0 Å². The Bertz CT molecular complexity index is 673. The lowest BCUT2D eigenvalue weighted by Crippen LogP contribution is -2.48. The van der Waals surface area contributed by atoms with E-state index in [4.69, 9.17) is 4.74 Å². The van der Waals surface area contributed by atoms with Crippen LogP contribution in [0.2, 0.25) is 0 Å². The molecule has 0 bridgehead atoms. The van der Waals surface area contributed by atoms with E-state index in [1.807, 2.05) is 13.8 Å². The highest BCUT2D eigenvalue weighted by molar-refractivity contribution is 7.89. The van der Waals surface area contributed by atoms with Gasteiger partial charge in [-0.25, -0.2) is 8.42 Å². The Balaban J connectivity index is 1.75. The molecule has 2 fully saturated rings. The number of ether oxygens (including phenoxy) is 1. The van der Waals surface area contributed by atoms with Gasteiger partial charge >= 0.3 is 0 Å². The first-order chi connectivity index (χ1) is 10.9. The van der Waals surface area contributed by atoms with E-state index >= 15 is 0 Å². The average molecular weight is 338 g/mol. The van der Waals surface area contributed by atoms with Crippen molar-refractivity contribution in [2.45, 2.75) is 49.8 Å². The van der Waals surface area contributed by atoms with Crippen molar-refractivity contribution in [2.75, 3.05) is 13.1 Å². The highest BCUT2D eigenvalue weighted by Crippen LogP contribution is 2.22. The number of benzene rings is 1. The minimum absolute atomic E-state index is 0.128. The maximum absolute atomic E-state index is 12.7. The third kappa shape index (κ3) is 3.73. The molecule has 1 aliphatic heterocycles. The number of hydrogen-bond donors (Lipinski definition) is 1. The first-order valence-electron chi connectivity index (χ1n) is 7.93. The van der Waals surface area contributed by atoms with E-state index in [0.29, 0.717) is 18.7 Å². The van der Waals surface area contributed by atoms with Crippen molar-refractivity contribution < 1.29 is 17.9 Å². The van der Waals surface area contributed by atoms with Crippen LogP contribution in [0.15, 0.2) is 29.2 Å². The van der Waals surface area contributed by atoms with Crippen LogP contribution in [-0.4, -0.2) is 50.0 Å². The van der Waals surface area contributed by atoms with E-state index in [1.165, 1.54) is 16.4 Å². The molecule has 1 amide bonds. The first-order valence-corrected chi connectivity index (χ1v) is 9.37. The second-order valence-electron chi connectivity index (χ2n) is 6.35. The fourth-order valence-electron chi connectivity index (χ4n) is 2.75. The zero-order valence-corrected chi connectivity index (χ0v) is 14.2. The molecule has 6 nitrogen and oxygen atoms in total. The molecule has 1 saturated carbocycles. The van der Waals surface area contributed by atoms with E-state index in [2.05, 4.69) is 5.32 Å². The first kappa shape index (κ1) is 16.4. The zero-order valence-electron chi connectivity index (χ0n) is 13.4. The van der Waals surface area contributed by atoms with Gasteiger partial charge in [-0.15, -0.1) is 0 Å². The summed E-state index contributed by atoms with van der Waals surface area (Å²) in [4.78, 5) is 12.2. The van der Waals surface area contributed by atoms with Gasteiger partial charge in [-0.1, -0.05) is 0 Å². The van der Waals surface area contributed by atoms with Gasteiger partial charge in [0.2, 0.25) is 10.0 Å². The number of amides is 1. The van der Waals surface area contributed by atoms with Crippen molar-refractivity contribution in [3.8, 4) is 0 Å². The summed E-state index contributed by atoms with van der Waals surface area (Å²) < 4.78 is 32.5. The van der Waals surface area contributed by atoms with E-state index in [1.54, 1.807) is 12.1 Å². The summed E-state index contributed by atoms with van der Waals surface area (Å²) in [6.45, 7) is 4.42. The Morgan fingerprint density at radius 3 is 2.22 bits per heavy atom. The van der Waals surface area contributed by atoms with Crippen LogP contribution in [0.1, 0.15) is 37.0 Å². The van der Waals surface area contributed by atoms with Gasteiger partial charge in [-0.05, 0) is 51.0 Å². The van der Waals surface area contributed by atoms with Gasteiger partial charge in [0, 0.05) is 24.7 Å². The summed E-state index contributed by atoms with van der Waals surface area (Å²) in [6, 6.07) is 6.42. The Morgan fingerprint density at radius 2 is 1.70 bits per heavy atom. The van der Waals surface area contributed by atoms with Crippen LogP contribution in [0.3, 0.4) is 0 Å². The molecule has 2 aliphatic rings. The standard InChI is InChI=1S/C16H22N2O4S/c1-11-9-18(10-12(2)22-11)23(20,21)15-7-3-13(4-8-15)16(19)17-14-5-6-14/h3-4,7-8,11-12,14H,5-6,9-10H2,1-2H3,(H,17,19)/t11-,12-/m0/s1. The quantitative estimate of drug-likeness (QED) is 0.900. The molecule has 1 aromatic carbocycles. The molecule has 126 valence electrons. The monoisotopic (exact) mass is 338 g/mol. The Hall–Kier alpha value is -1.44. The summed E-state index contributed by atoms with van der Waals surface area (Å²) in [6.07, 6.45) is 1.78. The summed E-state index contributed by atoms with van der Waals surface area (Å²) >= 11 is 0. The van der Waals surface area contributed by atoms with Crippen molar-refractivity contribution in [1.82, 2.24) is 9.62 Å². The Morgan fingerprint density at radius 1 is 1.13 bits per heavy atom. The third-order valence-electron chi connectivity index (χ3n) is 4.05. The number of rotatable bonds is 4. The van der Waals surface area contributed by atoms with Gasteiger partial charge in [0.15, 0.2) is 0 Å². The third-order valence-corrected chi connectivity index (χ3v) is 5.90. The molecule has 1 aliphatic carbocycles. The number of nitrogens with one attached hydrogen (secondary N) is 1. The lowest BCUT2D eigenvalue weighted by Gasteiger charge is -2.34. The van der Waals surface area contributed by atoms with Crippen LogP contribution in [0, 0.1) is 0 Å². The number of carbonyl (C=O) groups is 1. The van der Waals surface area contributed by atoms with Crippen molar-refractivity contribution in [2.24, 2.45) is 0 Å². The molecule has 0 radical (unpaired) electrons. The number of sulfonamides is 1. The molecule has 23 heavy (non-hydrogen) atoms. The second kappa shape index (κ2) is 6.22. The van der Waals surface area contributed by atoms with Crippen molar-refractivity contribution in [3.05, 3.63) is 29.8 Å². The Labute approximate surface area is 136 Å². The summed E-state index contributed by atoms with van der Waals surface area (Å²) in [5.74, 6) is -0.148. The van der Waals surface area contributed by atoms with Crippen molar-refractivity contribution in [3.63, 3.8) is 0 Å². The highest BCUT2D eigenvalue weighted by Gasteiger charge is 2.32. The van der Waals surface area contributed by atoms with E-state index < -0.39 is 10.0 Å². The van der Waals surface area contributed by atoms with E-state index in [9.17, 15) is 13.2 Å². The fraction of sp³-hybridized carbons (Fsp3) is 0.562. The maximum Gasteiger partial charge on any atom is 0.251 e. The highest BCUT2D eigenvalue weighted by atomic mass is 32.2. The molecule has 3 rings (SSSR count). The molecular weight excluding hydrogens is 316 g/mol. The zero-order chi connectivity index (χ0) is 16.6. The molecule has 0 spiro atoms. The normalized spacial score (nSPS) is 26.0. The predicted octanol–water partition coefficient (Wildman–Crippen LogP) is 1.38. The molecule has 1 N–H and O–H groups in total. The molecular formula is C16H22N2O4S. The van der Waals surface area contributed by atoms with E-state index in [0.717, 1.165) is 12.8 Å². The average Bonchev–Trinajstić information content (AvgIpc) is 3.30. The topological polar surface area (TPSA) is 75.7 Å².